The van der Waals surface area contributed by atoms with Crippen molar-refractivity contribution in [3.8, 4) is 5.75 Å². The molecule has 5 atom stereocenters. The standard InChI is InChI=1S/C30H36Cl2O5/c1-29(2)12-21(33)27(22(34)13-29)26(28-23(35)14-30(3,4)15-24(28)36)20-11-19(32)8-9-25(20)37-16-17-6-5-7-18(31)10-17/h5-11,21,23,26-28,33,35H,12-16H2,1-4H3/t21-,23-,26?,27-,28+/m0/s1. The highest BCUT2D eigenvalue weighted by atomic mass is 35.5. The molecule has 5 nitrogen and oxygen atoms in total. The summed E-state index contributed by atoms with van der Waals surface area (Å²) >= 11 is 12.6. The summed E-state index contributed by atoms with van der Waals surface area (Å²) in [5.74, 6) is -2.25. The van der Waals surface area contributed by atoms with E-state index in [9.17, 15) is 19.8 Å². The van der Waals surface area contributed by atoms with Crippen LogP contribution in [-0.4, -0.2) is 34.0 Å². The summed E-state index contributed by atoms with van der Waals surface area (Å²) in [5.41, 5.74) is 0.712. The first kappa shape index (κ1) is 28.1. The second kappa shape index (κ2) is 10.7. The third kappa shape index (κ3) is 6.39. The van der Waals surface area contributed by atoms with E-state index in [4.69, 9.17) is 27.9 Å². The predicted octanol–water partition coefficient (Wildman–Crippen LogP) is 6.39. The van der Waals surface area contributed by atoms with Crippen molar-refractivity contribution >= 4 is 34.8 Å². The van der Waals surface area contributed by atoms with Gasteiger partial charge in [0.15, 0.2) is 0 Å². The fraction of sp³-hybridized carbons (Fsp3) is 0.533. The van der Waals surface area contributed by atoms with Crippen molar-refractivity contribution in [3.63, 3.8) is 0 Å². The Balaban J connectivity index is 1.79. The molecule has 0 aromatic heterocycles. The fourth-order valence-electron chi connectivity index (χ4n) is 6.33. The van der Waals surface area contributed by atoms with Gasteiger partial charge in [-0.15, -0.1) is 0 Å². The van der Waals surface area contributed by atoms with Gasteiger partial charge in [0.05, 0.1) is 24.0 Å². The summed E-state index contributed by atoms with van der Waals surface area (Å²) in [4.78, 5) is 27.2. The van der Waals surface area contributed by atoms with E-state index in [2.05, 4.69) is 0 Å². The Morgan fingerprint density at radius 3 is 1.92 bits per heavy atom. The van der Waals surface area contributed by atoms with Gasteiger partial charge in [0.2, 0.25) is 0 Å². The van der Waals surface area contributed by atoms with E-state index >= 15 is 0 Å². The van der Waals surface area contributed by atoms with Gasteiger partial charge >= 0.3 is 0 Å². The van der Waals surface area contributed by atoms with Gasteiger partial charge in [0, 0.05) is 34.4 Å². The normalized spacial score (nSPS) is 28.1. The summed E-state index contributed by atoms with van der Waals surface area (Å²) in [6.45, 7) is 8.05. The van der Waals surface area contributed by atoms with E-state index in [1.54, 1.807) is 24.3 Å². The number of ether oxygens (including phenoxy) is 1. The predicted molar refractivity (Wildman–Crippen MR) is 145 cm³/mol. The maximum Gasteiger partial charge on any atom is 0.139 e. The van der Waals surface area contributed by atoms with E-state index in [1.165, 1.54) is 0 Å². The Hall–Kier alpha value is -1.92. The van der Waals surface area contributed by atoms with Crippen molar-refractivity contribution in [2.45, 2.75) is 78.1 Å². The molecule has 2 saturated carbocycles. The van der Waals surface area contributed by atoms with Crippen LogP contribution in [0.5, 0.6) is 5.75 Å². The largest absolute Gasteiger partial charge is 0.489 e. The maximum atomic E-state index is 13.6. The molecule has 1 unspecified atom stereocenters. The van der Waals surface area contributed by atoms with Crippen LogP contribution in [-0.2, 0) is 16.2 Å². The number of rotatable bonds is 6. The summed E-state index contributed by atoms with van der Waals surface area (Å²) in [7, 11) is 0. The van der Waals surface area contributed by atoms with E-state index < -0.39 is 30.0 Å². The minimum atomic E-state index is -0.962. The fourth-order valence-corrected chi connectivity index (χ4v) is 6.72. The van der Waals surface area contributed by atoms with Gasteiger partial charge in [-0.25, -0.2) is 0 Å². The number of benzene rings is 2. The number of carbonyl (C=O) groups excluding carboxylic acids is 2. The second-order valence-electron chi connectivity index (χ2n) is 12.3. The van der Waals surface area contributed by atoms with Crippen molar-refractivity contribution in [1.29, 1.82) is 0 Å². The molecule has 0 saturated heterocycles. The SMILES string of the molecule is CC1(C)CC(=O)[C@H](C(c2cc(Cl)ccc2OCc2cccc(Cl)c2)[C@@H]2C(=O)CC(C)(C)C[C@@H]2O)[C@@H](O)C1. The molecule has 2 aromatic rings. The lowest BCUT2D eigenvalue weighted by Gasteiger charge is -2.46. The van der Waals surface area contributed by atoms with Crippen molar-refractivity contribution in [2.24, 2.45) is 22.7 Å². The van der Waals surface area contributed by atoms with Gasteiger partial charge in [-0.1, -0.05) is 63.0 Å². The monoisotopic (exact) mass is 546 g/mol. The number of aliphatic hydroxyl groups is 2. The quantitative estimate of drug-likeness (QED) is 0.438. The molecule has 0 radical (unpaired) electrons. The molecule has 2 aliphatic rings. The van der Waals surface area contributed by atoms with E-state index in [0.29, 0.717) is 34.2 Å². The first-order chi connectivity index (χ1) is 17.3. The number of hydrogen-bond acceptors (Lipinski definition) is 5. The number of Topliss-reactive ketones (excluding diaryl/α,β-unsaturated/α-hetero) is 2. The van der Waals surface area contributed by atoms with E-state index in [0.717, 1.165) is 5.56 Å². The molecule has 0 amide bonds. The van der Waals surface area contributed by atoms with Crippen LogP contribution in [0.4, 0.5) is 0 Å². The average Bonchev–Trinajstić information content (AvgIpc) is 2.74. The Morgan fingerprint density at radius 1 is 0.865 bits per heavy atom. The number of hydrogen-bond donors (Lipinski definition) is 2. The van der Waals surface area contributed by atoms with Crippen molar-refractivity contribution in [3.05, 3.63) is 63.6 Å². The zero-order valence-electron chi connectivity index (χ0n) is 21.8. The first-order valence-corrected chi connectivity index (χ1v) is 13.6. The van der Waals surface area contributed by atoms with Crippen LogP contribution < -0.4 is 4.74 Å². The van der Waals surface area contributed by atoms with Crippen molar-refractivity contribution in [1.82, 2.24) is 0 Å². The molecule has 2 aromatic carbocycles. The van der Waals surface area contributed by atoms with Gasteiger partial charge in [-0.2, -0.15) is 0 Å². The number of halogens is 2. The van der Waals surface area contributed by atoms with Gasteiger partial charge in [-0.3, -0.25) is 9.59 Å². The molecule has 0 spiro atoms. The van der Waals surface area contributed by atoms with Crippen LogP contribution in [0.25, 0.3) is 0 Å². The van der Waals surface area contributed by atoms with E-state index in [-0.39, 0.29) is 41.8 Å². The van der Waals surface area contributed by atoms with Crippen LogP contribution in [0.15, 0.2) is 42.5 Å². The summed E-state index contributed by atoms with van der Waals surface area (Å²) in [6.07, 6.45) is -0.518. The molecule has 0 bridgehead atoms. The Kier molecular flexibility index (Phi) is 8.11. The van der Waals surface area contributed by atoms with Gasteiger partial charge < -0.3 is 14.9 Å². The molecule has 0 aliphatic heterocycles. The Labute approximate surface area is 229 Å². The highest BCUT2D eigenvalue weighted by molar-refractivity contribution is 6.31. The zero-order valence-corrected chi connectivity index (χ0v) is 23.4. The van der Waals surface area contributed by atoms with Crippen LogP contribution in [0.2, 0.25) is 10.0 Å². The second-order valence-corrected chi connectivity index (χ2v) is 13.2. The third-order valence-electron chi connectivity index (χ3n) is 7.79. The van der Waals surface area contributed by atoms with Gasteiger partial charge in [0.1, 0.15) is 23.9 Å². The molecule has 7 heteroatoms. The first-order valence-electron chi connectivity index (χ1n) is 12.8. The summed E-state index contributed by atoms with van der Waals surface area (Å²) in [5, 5.41) is 23.6. The Bertz CT molecular complexity index is 1130. The van der Waals surface area contributed by atoms with E-state index in [1.807, 2.05) is 45.9 Å². The maximum absolute atomic E-state index is 13.6. The van der Waals surface area contributed by atoms with Crippen LogP contribution in [0, 0.1) is 22.7 Å². The summed E-state index contributed by atoms with van der Waals surface area (Å²) in [6, 6.07) is 12.4. The van der Waals surface area contributed by atoms with Crippen molar-refractivity contribution in [2.75, 3.05) is 0 Å². The topological polar surface area (TPSA) is 83.8 Å². The lowest BCUT2D eigenvalue weighted by molar-refractivity contribution is -0.144. The smallest absolute Gasteiger partial charge is 0.139 e. The van der Waals surface area contributed by atoms with Gasteiger partial charge in [-0.05, 0) is 59.6 Å². The van der Waals surface area contributed by atoms with Crippen LogP contribution in [0.3, 0.4) is 0 Å². The zero-order chi connectivity index (χ0) is 27.1. The minimum Gasteiger partial charge on any atom is -0.489 e. The molecule has 200 valence electrons. The molecule has 37 heavy (non-hydrogen) atoms. The molecule has 4 rings (SSSR count). The van der Waals surface area contributed by atoms with Crippen LogP contribution >= 0.6 is 23.2 Å². The van der Waals surface area contributed by atoms with Crippen LogP contribution in [0.1, 0.15) is 70.4 Å². The molecule has 2 fully saturated rings. The number of aliphatic hydroxyl groups excluding tert-OH is 2. The average molecular weight is 548 g/mol. The molecular formula is C30H36Cl2O5. The summed E-state index contributed by atoms with van der Waals surface area (Å²) < 4.78 is 6.22. The molecule has 0 heterocycles. The molecule has 2 aliphatic carbocycles. The minimum absolute atomic E-state index is 0.112. The molecule has 2 N–H and O–H groups in total. The number of carbonyl (C=O) groups is 2. The highest BCUT2D eigenvalue weighted by Crippen LogP contribution is 2.51. The lowest BCUT2D eigenvalue weighted by atomic mass is 9.58. The number of ketones is 2. The molecular weight excluding hydrogens is 511 g/mol. The Morgan fingerprint density at radius 2 is 1.41 bits per heavy atom. The van der Waals surface area contributed by atoms with Crippen molar-refractivity contribution < 1.29 is 24.5 Å². The highest BCUT2D eigenvalue weighted by Gasteiger charge is 2.52. The van der Waals surface area contributed by atoms with Gasteiger partial charge in [0.25, 0.3) is 0 Å². The third-order valence-corrected chi connectivity index (χ3v) is 8.26. The lowest BCUT2D eigenvalue weighted by Crippen LogP contribution is -2.51.